The van der Waals surface area contributed by atoms with Crippen molar-refractivity contribution in [1.29, 1.82) is 0 Å². The third kappa shape index (κ3) is 3.23. The van der Waals surface area contributed by atoms with Crippen LogP contribution in [0.4, 0.5) is 0 Å². The largest absolute Gasteiger partial charge is 0.508 e. The van der Waals surface area contributed by atoms with E-state index < -0.39 is 0 Å². The van der Waals surface area contributed by atoms with Crippen LogP contribution in [-0.4, -0.2) is 5.11 Å². The van der Waals surface area contributed by atoms with E-state index in [9.17, 15) is 5.11 Å². The molecule has 0 bridgehead atoms. The van der Waals surface area contributed by atoms with E-state index in [1.807, 2.05) is 24.3 Å². The molecule has 1 N–H and O–H groups in total. The van der Waals surface area contributed by atoms with Gasteiger partial charge in [-0.3, -0.25) is 0 Å². The molecule has 3 aromatic carbocycles. The molecule has 0 aliphatic rings. The number of rotatable bonds is 3. The Morgan fingerprint density at radius 1 is 0.857 bits per heavy atom. The second-order valence-electron chi connectivity index (χ2n) is 4.72. The molecule has 0 amide bonds. The quantitative estimate of drug-likeness (QED) is 0.697. The van der Waals surface area contributed by atoms with E-state index in [0.29, 0.717) is 22.4 Å². The van der Waals surface area contributed by atoms with Crippen molar-refractivity contribution in [2.45, 2.75) is 6.61 Å². The van der Waals surface area contributed by atoms with Gasteiger partial charge in [0.1, 0.15) is 18.1 Å². The summed E-state index contributed by atoms with van der Waals surface area (Å²) in [6.45, 7) is 0.337. The fourth-order valence-corrected chi connectivity index (χ4v) is 2.48. The molecule has 4 heteroatoms. The van der Waals surface area contributed by atoms with E-state index in [0.717, 1.165) is 16.3 Å². The zero-order valence-corrected chi connectivity index (χ0v) is 12.5. The maximum Gasteiger partial charge on any atom is 0.120 e. The summed E-state index contributed by atoms with van der Waals surface area (Å²) in [6, 6.07) is 16.2. The first-order valence-corrected chi connectivity index (χ1v) is 7.17. The summed E-state index contributed by atoms with van der Waals surface area (Å²) in [5.74, 6) is 0.946. The Balaban J connectivity index is 1.83. The number of fused-ring (bicyclic) bond motifs is 1. The van der Waals surface area contributed by atoms with Crippen LogP contribution in [0.2, 0.25) is 10.0 Å². The number of phenolic OH excluding ortho intramolecular Hbond substituents is 1. The molecule has 0 saturated heterocycles. The highest BCUT2D eigenvalue weighted by atomic mass is 35.5. The molecule has 0 aliphatic heterocycles. The number of hydrogen-bond acceptors (Lipinski definition) is 2. The van der Waals surface area contributed by atoms with Crippen LogP contribution in [0, 0.1) is 0 Å². The van der Waals surface area contributed by atoms with Gasteiger partial charge >= 0.3 is 0 Å². The Morgan fingerprint density at radius 3 is 2.52 bits per heavy atom. The highest BCUT2D eigenvalue weighted by Gasteiger charge is 2.04. The summed E-state index contributed by atoms with van der Waals surface area (Å²) < 4.78 is 5.75. The average molecular weight is 319 g/mol. The van der Waals surface area contributed by atoms with Gasteiger partial charge in [0.05, 0.1) is 0 Å². The van der Waals surface area contributed by atoms with Gasteiger partial charge in [-0.25, -0.2) is 0 Å². The standard InChI is InChI=1S/C17H12Cl2O2/c18-14-3-6-17(19)13(7-14)10-21-16-5-2-11-1-4-15(20)8-12(11)9-16/h1-9,20H,10H2. The molecule has 0 heterocycles. The molecule has 3 aromatic rings. The zero-order chi connectivity index (χ0) is 14.8. The van der Waals surface area contributed by atoms with E-state index in [4.69, 9.17) is 27.9 Å². The maximum atomic E-state index is 9.52. The molecule has 21 heavy (non-hydrogen) atoms. The van der Waals surface area contributed by atoms with E-state index in [1.165, 1.54) is 0 Å². The molecule has 0 aliphatic carbocycles. The van der Waals surface area contributed by atoms with Crippen molar-refractivity contribution in [1.82, 2.24) is 0 Å². The van der Waals surface area contributed by atoms with Crippen molar-refractivity contribution in [3.63, 3.8) is 0 Å². The van der Waals surface area contributed by atoms with Crippen LogP contribution in [0.3, 0.4) is 0 Å². The summed E-state index contributed by atoms with van der Waals surface area (Å²) in [6.07, 6.45) is 0. The molecule has 0 spiro atoms. The predicted octanol–water partition coefficient (Wildman–Crippen LogP) is 5.43. The minimum Gasteiger partial charge on any atom is -0.508 e. The van der Waals surface area contributed by atoms with Gasteiger partial charge in [-0.05, 0) is 53.2 Å². The van der Waals surface area contributed by atoms with Crippen LogP contribution >= 0.6 is 23.2 Å². The Kier molecular flexibility index (Phi) is 3.91. The van der Waals surface area contributed by atoms with Crippen molar-refractivity contribution in [3.8, 4) is 11.5 Å². The Hall–Kier alpha value is -1.90. The number of ether oxygens (including phenoxy) is 1. The van der Waals surface area contributed by atoms with Gasteiger partial charge in [-0.1, -0.05) is 35.3 Å². The van der Waals surface area contributed by atoms with Crippen molar-refractivity contribution >= 4 is 34.0 Å². The summed E-state index contributed by atoms with van der Waals surface area (Å²) in [4.78, 5) is 0. The normalized spacial score (nSPS) is 10.8. The fourth-order valence-electron chi connectivity index (χ4n) is 2.12. The van der Waals surface area contributed by atoms with Crippen LogP contribution in [0.1, 0.15) is 5.56 Å². The lowest BCUT2D eigenvalue weighted by molar-refractivity contribution is 0.307. The zero-order valence-electron chi connectivity index (χ0n) is 11.0. The Bertz CT molecular complexity index is 800. The lowest BCUT2D eigenvalue weighted by Gasteiger charge is -2.09. The summed E-state index contributed by atoms with van der Waals surface area (Å²) in [7, 11) is 0. The summed E-state index contributed by atoms with van der Waals surface area (Å²) in [5, 5.41) is 12.7. The smallest absolute Gasteiger partial charge is 0.120 e. The van der Waals surface area contributed by atoms with Gasteiger partial charge in [-0.2, -0.15) is 0 Å². The first-order chi connectivity index (χ1) is 10.1. The van der Waals surface area contributed by atoms with Crippen molar-refractivity contribution in [3.05, 3.63) is 70.2 Å². The Morgan fingerprint density at radius 2 is 1.67 bits per heavy atom. The number of halogens is 2. The van der Waals surface area contributed by atoms with Crippen molar-refractivity contribution in [2.24, 2.45) is 0 Å². The second kappa shape index (κ2) is 5.84. The minimum absolute atomic E-state index is 0.234. The molecule has 0 unspecified atom stereocenters. The van der Waals surface area contributed by atoms with Crippen LogP contribution in [0.25, 0.3) is 10.8 Å². The van der Waals surface area contributed by atoms with E-state index >= 15 is 0 Å². The number of hydrogen-bond donors (Lipinski definition) is 1. The molecule has 0 radical (unpaired) electrons. The maximum absolute atomic E-state index is 9.52. The number of phenols is 1. The minimum atomic E-state index is 0.234. The topological polar surface area (TPSA) is 29.5 Å². The molecule has 2 nitrogen and oxygen atoms in total. The highest BCUT2D eigenvalue weighted by Crippen LogP contribution is 2.26. The molecule has 0 saturated carbocycles. The summed E-state index contributed by atoms with van der Waals surface area (Å²) >= 11 is 12.1. The van der Waals surface area contributed by atoms with Crippen molar-refractivity contribution < 1.29 is 9.84 Å². The van der Waals surface area contributed by atoms with E-state index in [-0.39, 0.29) is 5.75 Å². The number of aromatic hydroxyl groups is 1. The molecule has 0 fully saturated rings. The lowest BCUT2D eigenvalue weighted by Crippen LogP contribution is -1.96. The molecule has 0 aromatic heterocycles. The third-order valence-electron chi connectivity index (χ3n) is 3.20. The monoisotopic (exact) mass is 318 g/mol. The first kappa shape index (κ1) is 14.1. The SMILES string of the molecule is Oc1ccc2ccc(OCc3cc(Cl)ccc3Cl)cc2c1. The van der Waals surface area contributed by atoms with Crippen LogP contribution in [0.5, 0.6) is 11.5 Å². The third-order valence-corrected chi connectivity index (χ3v) is 3.80. The summed E-state index contributed by atoms with van der Waals surface area (Å²) in [5.41, 5.74) is 0.833. The van der Waals surface area contributed by atoms with E-state index in [1.54, 1.807) is 30.3 Å². The van der Waals surface area contributed by atoms with Gasteiger partial charge in [0, 0.05) is 15.6 Å². The van der Waals surface area contributed by atoms with Crippen LogP contribution in [-0.2, 0) is 6.61 Å². The second-order valence-corrected chi connectivity index (χ2v) is 5.56. The lowest BCUT2D eigenvalue weighted by atomic mass is 10.1. The van der Waals surface area contributed by atoms with Gasteiger partial charge in [-0.15, -0.1) is 0 Å². The van der Waals surface area contributed by atoms with Crippen LogP contribution < -0.4 is 4.74 Å². The predicted molar refractivity (Wildman–Crippen MR) is 86.4 cm³/mol. The van der Waals surface area contributed by atoms with Crippen LogP contribution in [0.15, 0.2) is 54.6 Å². The molecule has 0 atom stereocenters. The van der Waals surface area contributed by atoms with Gasteiger partial charge in [0.2, 0.25) is 0 Å². The van der Waals surface area contributed by atoms with Gasteiger partial charge in [0.15, 0.2) is 0 Å². The molecular formula is C17H12Cl2O2. The molecule has 3 rings (SSSR count). The first-order valence-electron chi connectivity index (χ1n) is 6.41. The molecular weight excluding hydrogens is 307 g/mol. The van der Waals surface area contributed by atoms with Gasteiger partial charge in [0.25, 0.3) is 0 Å². The molecule has 106 valence electrons. The van der Waals surface area contributed by atoms with Crippen molar-refractivity contribution in [2.75, 3.05) is 0 Å². The Labute approximate surface area is 132 Å². The fraction of sp³-hybridized carbons (Fsp3) is 0.0588. The number of benzene rings is 3. The average Bonchev–Trinajstić information content (AvgIpc) is 2.47. The van der Waals surface area contributed by atoms with Gasteiger partial charge < -0.3 is 9.84 Å². The van der Waals surface area contributed by atoms with E-state index in [2.05, 4.69) is 0 Å². The highest BCUT2D eigenvalue weighted by molar-refractivity contribution is 6.33.